The summed E-state index contributed by atoms with van der Waals surface area (Å²) >= 11 is 0. The van der Waals surface area contributed by atoms with Crippen LogP contribution in [0.1, 0.15) is 61.2 Å². The molecule has 3 aromatic rings. The third-order valence-electron chi connectivity index (χ3n) is 8.22. The minimum Gasteiger partial charge on any atom is -0.490 e. The molecule has 2 N–H and O–H groups in total. The van der Waals surface area contributed by atoms with E-state index in [-0.39, 0.29) is 30.4 Å². The Morgan fingerprint density at radius 3 is 2.54 bits per heavy atom. The van der Waals surface area contributed by atoms with Crippen molar-refractivity contribution in [1.29, 1.82) is 0 Å². The van der Waals surface area contributed by atoms with Gasteiger partial charge in [0.1, 0.15) is 17.7 Å². The number of aliphatic hydroxyl groups is 1. The second-order valence-electron chi connectivity index (χ2n) is 11.7. The van der Waals surface area contributed by atoms with Gasteiger partial charge in [0.25, 0.3) is 0 Å². The molecule has 2 aliphatic heterocycles. The van der Waals surface area contributed by atoms with E-state index >= 15 is 0 Å². The number of hydrogen-bond donors (Lipinski definition) is 2. The van der Waals surface area contributed by atoms with Crippen molar-refractivity contribution in [1.82, 2.24) is 4.98 Å². The van der Waals surface area contributed by atoms with Crippen LogP contribution >= 0.6 is 0 Å². The molecule has 206 valence electrons. The number of pyridine rings is 1. The van der Waals surface area contributed by atoms with Crippen molar-refractivity contribution in [2.24, 2.45) is 5.41 Å². The van der Waals surface area contributed by atoms with Crippen LogP contribution in [-0.2, 0) is 30.7 Å². The molecule has 6 nitrogen and oxygen atoms in total. The number of benzene rings is 2. The van der Waals surface area contributed by atoms with E-state index in [4.69, 9.17) is 4.74 Å². The van der Waals surface area contributed by atoms with Gasteiger partial charge in [0.05, 0.1) is 24.4 Å². The second-order valence-corrected chi connectivity index (χ2v) is 11.7. The van der Waals surface area contributed by atoms with Crippen molar-refractivity contribution in [3.63, 3.8) is 0 Å². The van der Waals surface area contributed by atoms with Gasteiger partial charge in [0.2, 0.25) is 0 Å². The molecule has 1 saturated heterocycles. The van der Waals surface area contributed by atoms with E-state index in [2.05, 4.69) is 29.8 Å². The van der Waals surface area contributed by atoms with Gasteiger partial charge in [-0.2, -0.15) is 0 Å². The molecule has 0 bridgehead atoms. The number of carboxylic acid groups (broad SMARTS) is 1. The molecule has 1 fully saturated rings. The molecule has 1 atom stereocenters. The maximum Gasteiger partial charge on any atom is 0.307 e. The van der Waals surface area contributed by atoms with Crippen LogP contribution in [0.4, 0.5) is 10.1 Å². The molecule has 2 aliphatic rings. The Morgan fingerprint density at radius 2 is 1.87 bits per heavy atom. The van der Waals surface area contributed by atoms with E-state index in [0.29, 0.717) is 23.4 Å². The van der Waals surface area contributed by atoms with E-state index < -0.39 is 5.97 Å². The van der Waals surface area contributed by atoms with Crippen LogP contribution in [-0.4, -0.2) is 40.4 Å². The summed E-state index contributed by atoms with van der Waals surface area (Å²) in [6.07, 6.45) is 4.28. The highest BCUT2D eigenvalue weighted by molar-refractivity contribution is 5.87. The summed E-state index contributed by atoms with van der Waals surface area (Å²) in [5.41, 5.74) is 6.89. The third-order valence-corrected chi connectivity index (χ3v) is 8.22. The highest BCUT2D eigenvalue weighted by Crippen LogP contribution is 2.43. The number of hydrogen-bond acceptors (Lipinski definition) is 5. The van der Waals surface area contributed by atoms with Crippen molar-refractivity contribution in [3.05, 3.63) is 76.4 Å². The molecule has 0 spiro atoms. The van der Waals surface area contributed by atoms with Gasteiger partial charge in [0, 0.05) is 36.3 Å². The summed E-state index contributed by atoms with van der Waals surface area (Å²) < 4.78 is 19.6. The Balaban J connectivity index is 1.51. The van der Waals surface area contributed by atoms with Crippen molar-refractivity contribution in [3.8, 4) is 16.9 Å². The zero-order valence-corrected chi connectivity index (χ0v) is 23.0. The van der Waals surface area contributed by atoms with Crippen molar-refractivity contribution in [2.45, 2.75) is 72.0 Å². The lowest BCUT2D eigenvalue weighted by molar-refractivity contribution is -0.136. The number of fused-ring (bicyclic) bond motifs is 1. The summed E-state index contributed by atoms with van der Waals surface area (Å²) in [5.74, 6) is -0.310. The van der Waals surface area contributed by atoms with Gasteiger partial charge in [-0.15, -0.1) is 0 Å². The zero-order valence-electron chi connectivity index (χ0n) is 23.0. The number of rotatable bonds is 7. The molecule has 0 aliphatic carbocycles. The van der Waals surface area contributed by atoms with Gasteiger partial charge < -0.3 is 19.8 Å². The summed E-state index contributed by atoms with van der Waals surface area (Å²) in [6, 6.07) is 12.6. The monoisotopic (exact) mass is 532 g/mol. The Morgan fingerprint density at radius 1 is 1.15 bits per heavy atom. The smallest absolute Gasteiger partial charge is 0.307 e. The molecule has 7 heteroatoms. The summed E-state index contributed by atoms with van der Waals surface area (Å²) in [4.78, 5) is 18.9. The van der Waals surface area contributed by atoms with Crippen molar-refractivity contribution >= 4 is 11.7 Å². The standard InChI is InChI=1S/C32H37FN2O4/c1-20-26(18-29(37)38)31(35-14-12-32(2,3)13-15-35)30(27(19-36)34-20)23-7-11-28-22(17-23)6-10-25(39-28)16-21-4-8-24(33)9-5-21/h4-5,7-9,11,17,25,36H,6,10,12-16,18-19H2,1-3H3,(H,37,38). The Bertz CT molecular complexity index is 1360. The largest absolute Gasteiger partial charge is 0.490 e. The Kier molecular flexibility index (Phi) is 7.63. The van der Waals surface area contributed by atoms with Crippen LogP contribution in [0.2, 0.25) is 0 Å². The normalized spacial score (nSPS) is 18.4. The first kappa shape index (κ1) is 27.1. The molecule has 5 rings (SSSR count). The van der Waals surface area contributed by atoms with Crippen LogP contribution in [0.15, 0.2) is 42.5 Å². The summed E-state index contributed by atoms with van der Waals surface area (Å²) in [5, 5.41) is 20.1. The van der Waals surface area contributed by atoms with E-state index in [9.17, 15) is 19.4 Å². The lowest BCUT2D eigenvalue weighted by Crippen LogP contribution is -2.38. The molecule has 39 heavy (non-hydrogen) atoms. The van der Waals surface area contributed by atoms with Crippen LogP contribution in [0.3, 0.4) is 0 Å². The number of ether oxygens (including phenoxy) is 1. The van der Waals surface area contributed by atoms with E-state index in [1.807, 2.05) is 19.1 Å². The number of nitrogens with zero attached hydrogens (tertiary/aromatic N) is 2. The average Bonchev–Trinajstić information content (AvgIpc) is 2.90. The number of aliphatic hydroxyl groups excluding tert-OH is 1. The predicted molar refractivity (Wildman–Crippen MR) is 150 cm³/mol. The average molecular weight is 533 g/mol. The molecule has 0 amide bonds. The van der Waals surface area contributed by atoms with Crippen LogP contribution in [0, 0.1) is 18.2 Å². The SMILES string of the molecule is Cc1nc(CO)c(-c2ccc3c(c2)CCC(Cc2ccc(F)cc2)O3)c(N2CCC(C)(C)CC2)c1CC(=O)O. The van der Waals surface area contributed by atoms with Gasteiger partial charge in [-0.25, -0.2) is 4.39 Å². The summed E-state index contributed by atoms with van der Waals surface area (Å²) in [7, 11) is 0. The van der Waals surface area contributed by atoms with Crippen molar-refractivity contribution in [2.75, 3.05) is 18.0 Å². The fraction of sp³-hybridized carbons (Fsp3) is 0.438. The van der Waals surface area contributed by atoms with Gasteiger partial charge >= 0.3 is 5.97 Å². The quantitative estimate of drug-likeness (QED) is 0.396. The molecular weight excluding hydrogens is 495 g/mol. The first-order valence-corrected chi connectivity index (χ1v) is 13.8. The zero-order chi connectivity index (χ0) is 27.7. The molecule has 3 heterocycles. The number of aliphatic carboxylic acids is 1. The number of anilines is 1. The maximum absolute atomic E-state index is 13.3. The Hall–Kier alpha value is -3.45. The van der Waals surface area contributed by atoms with E-state index in [0.717, 1.165) is 72.5 Å². The molecule has 0 radical (unpaired) electrons. The summed E-state index contributed by atoms with van der Waals surface area (Å²) in [6.45, 7) is 7.78. The van der Waals surface area contributed by atoms with Crippen LogP contribution in [0.5, 0.6) is 5.75 Å². The number of carbonyl (C=O) groups is 1. The van der Waals surface area contributed by atoms with Gasteiger partial charge in [-0.3, -0.25) is 9.78 Å². The lowest BCUT2D eigenvalue weighted by atomic mass is 9.82. The number of carboxylic acids is 1. The maximum atomic E-state index is 13.3. The molecule has 0 saturated carbocycles. The third kappa shape index (κ3) is 5.93. The fourth-order valence-electron chi connectivity index (χ4n) is 5.88. The first-order valence-electron chi connectivity index (χ1n) is 13.8. The second kappa shape index (κ2) is 11.0. The topological polar surface area (TPSA) is 82.9 Å². The molecule has 1 unspecified atom stereocenters. The lowest BCUT2D eigenvalue weighted by Gasteiger charge is -2.40. The van der Waals surface area contributed by atoms with Gasteiger partial charge in [-0.1, -0.05) is 32.0 Å². The minimum atomic E-state index is -0.896. The highest BCUT2D eigenvalue weighted by atomic mass is 19.1. The number of aromatic nitrogens is 1. The molecular formula is C32H37FN2O4. The highest BCUT2D eigenvalue weighted by Gasteiger charge is 2.31. The van der Waals surface area contributed by atoms with E-state index in [1.54, 1.807) is 12.1 Å². The molecule has 1 aromatic heterocycles. The number of halogens is 1. The first-order chi connectivity index (χ1) is 18.6. The number of piperidine rings is 1. The van der Waals surface area contributed by atoms with Crippen LogP contribution in [0.25, 0.3) is 11.1 Å². The van der Waals surface area contributed by atoms with Crippen LogP contribution < -0.4 is 9.64 Å². The predicted octanol–water partition coefficient (Wildman–Crippen LogP) is 5.88. The number of aryl methyl sites for hydroxylation is 2. The van der Waals surface area contributed by atoms with Gasteiger partial charge in [0.15, 0.2) is 0 Å². The Labute approximate surface area is 229 Å². The fourth-order valence-corrected chi connectivity index (χ4v) is 5.88. The molecule has 2 aromatic carbocycles. The van der Waals surface area contributed by atoms with Crippen molar-refractivity contribution < 1.29 is 24.1 Å². The van der Waals surface area contributed by atoms with E-state index in [1.165, 1.54) is 12.1 Å². The van der Waals surface area contributed by atoms with Gasteiger partial charge in [-0.05, 0) is 79.0 Å². The minimum absolute atomic E-state index is 0.0114.